The maximum absolute atomic E-state index is 10.1. The fraction of sp³-hybridized carbons (Fsp3) is 0.310. The van der Waals surface area contributed by atoms with Crippen LogP contribution in [0.3, 0.4) is 0 Å². The Kier molecular flexibility index (Phi) is 5.63. The van der Waals surface area contributed by atoms with Gasteiger partial charge in [0.25, 0.3) is 0 Å². The van der Waals surface area contributed by atoms with Gasteiger partial charge in [-0.05, 0) is 65.4 Å². The van der Waals surface area contributed by atoms with Crippen LogP contribution in [0.25, 0.3) is 10.9 Å². The summed E-state index contributed by atoms with van der Waals surface area (Å²) >= 11 is 0. The van der Waals surface area contributed by atoms with Crippen LogP contribution in [-0.2, 0) is 32.7 Å². The van der Waals surface area contributed by atoms with Crippen molar-refractivity contribution in [3.8, 4) is 17.2 Å². The number of nitrogens with zero attached hydrogens (tertiary/aromatic N) is 2. The quantitative estimate of drug-likeness (QED) is 0.437. The highest BCUT2D eigenvalue weighted by Crippen LogP contribution is 2.44. The first-order valence-corrected chi connectivity index (χ1v) is 12.1. The fourth-order valence-corrected chi connectivity index (χ4v) is 5.73. The van der Waals surface area contributed by atoms with E-state index in [9.17, 15) is 5.11 Å². The number of hydrogen-bond acceptors (Lipinski definition) is 5. The summed E-state index contributed by atoms with van der Waals surface area (Å²) < 4.78 is 19.3. The number of aromatic nitrogens is 1. The van der Waals surface area contributed by atoms with E-state index in [1.807, 2.05) is 30.3 Å². The highest BCUT2D eigenvalue weighted by Gasteiger charge is 2.35. The van der Waals surface area contributed by atoms with Gasteiger partial charge in [-0.25, -0.2) is 0 Å². The highest BCUT2D eigenvalue weighted by atomic mass is 16.5. The molecular formula is C29H30N2O4. The Labute approximate surface area is 205 Å². The van der Waals surface area contributed by atoms with E-state index in [0.717, 1.165) is 54.3 Å². The van der Waals surface area contributed by atoms with Gasteiger partial charge in [-0.15, -0.1) is 0 Å². The van der Waals surface area contributed by atoms with Crippen LogP contribution in [0.1, 0.15) is 34.0 Å². The molecule has 1 N–H and O–H groups in total. The molecule has 180 valence electrons. The Bertz CT molecular complexity index is 1380. The number of rotatable bonds is 6. The standard InChI is InChI=1S/C29H30N2O4/c1-33-21-9-7-19(8-10-21)17-35-29-15-23-20(13-28(29)34-2)11-12-30-16-27-24(14-26(23)30)22-5-3-4-6-25(22)31(27)18-32/h3-10,13,15,26,32H,11-12,14,16-18H2,1-2H3. The highest BCUT2D eigenvalue weighted by molar-refractivity contribution is 5.86. The van der Waals surface area contributed by atoms with Crippen LogP contribution in [0.4, 0.5) is 0 Å². The molecule has 6 heteroatoms. The third-order valence-electron chi connectivity index (χ3n) is 7.53. The lowest BCUT2D eigenvalue weighted by Crippen LogP contribution is -2.39. The lowest BCUT2D eigenvalue weighted by Gasteiger charge is -2.41. The van der Waals surface area contributed by atoms with Crippen molar-refractivity contribution >= 4 is 10.9 Å². The first kappa shape index (κ1) is 22.0. The summed E-state index contributed by atoms with van der Waals surface area (Å²) in [5.41, 5.74) is 7.41. The number of fused-ring (bicyclic) bond motifs is 6. The van der Waals surface area contributed by atoms with E-state index >= 15 is 0 Å². The van der Waals surface area contributed by atoms with Gasteiger partial charge in [0.2, 0.25) is 0 Å². The smallest absolute Gasteiger partial charge is 0.162 e. The molecule has 3 aromatic carbocycles. The first-order valence-electron chi connectivity index (χ1n) is 12.1. The Balaban J connectivity index is 1.34. The molecule has 3 heterocycles. The molecule has 1 unspecified atom stereocenters. The van der Waals surface area contributed by atoms with E-state index in [0.29, 0.717) is 6.61 Å². The van der Waals surface area contributed by atoms with Gasteiger partial charge in [0.1, 0.15) is 19.1 Å². The van der Waals surface area contributed by atoms with E-state index in [-0.39, 0.29) is 12.8 Å². The number of benzene rings is 3. The van der Waals surface area contributed by atoms with Crippen LogP contribution in [0, 0.1) is 0 Å². The average molecular weight is 471 g/mol. The van der Waals surface area contributed by atoms with Gasteiger partial charge in [0.15, 0.2) is 11.5 Å². The largest absolute Gasteiger partial charge is 0.497 e. The van der Waals surface area contributed by atoms with Crippen molar-refractivity contribution in [1.29, 1.82) is 0 Å². The molecule has 2 aliphatic rings. The summed E-state index contributed by atoms with van der Waals surface area (Å²) in [5, 5.41) is 11.4. The minimum absolute atomic E-state index is 0.00544. The van der Waals surface area contributed by atoms with Crippen LogP contribution in [-0.4, -0.2) is 35.3 Å². The van der Waals surface area contributed by atoms with Crippen molar-refractivity contribution in [2.45, 2.75) is 38.8 Å². The molecule has 6 rings (SSSR count). The van der Waals surface area contributed by atoms with E-state index in [1.54, 1.807) is 14.2 Å². The number of methoxy groups -OCH3 is 2. The van der Waals surface area contributed by atoms with Gasteiger partial charge in [-0.3, -0.25) is 4.90 Å². The van der Waals surface area contributed by atoms with E-state index in [4.69, 9.17) is 14.2 Å². The van der Waals surface area contributed by atoms with Crippen LogP contribution in [0.2, 0.25) is 0 Å². The normalized spacial score (nSPS) is 16.9. The van der Waals surface area contributed by atoms with Crippen LogP contribution >= 0.6 is 0 Å². The molecule has 2 aliphatic heterocycles. The molecule has 0 aliphatic carbocycles. The molecule has 0 radical (unpaired) electrons. The van der Waals surface area contributed by atoms with Crippen LogP contribution in [0.15, 0.2) is 60.7 Å². The van der Waals surface area contributed by atoms with Gasteiger partial charge >= 0.3 is 0 Å². The molecule has 0 spiro atoms. The zero-order valence-electron chi connectivity index (χ0n) is 20.2. The van der Waals surface area contributed by atoms with Crippen LogP contribution in [0.5, 0.6) is 17.2 Å². The first-order chi connectivity index (χ1) is 17.2. The summed E-state index contributed by atoms with van der Waals surface area (Å²) in [6.07, 6.45) is 1.88. The van der Waals surface area contributed by atoms with E-state index in [1.165, 1.54) is 27.8 Å². The number of aliphatic hydroxyl groups excluding tert-OH is 1. The van der Waals surface area contributed by atoms with Crippen molar-refractivity contribution in [1.82, 2.24) is 9.47 Å². The van der Waals surface area contributed by atoms with Gasteiger partial charge in [-0.1, -0.05) is 30.3 Å². The number of para-hydroxylation sites is 1. The third-order valence-corrected chi connectivity index (χ3v) is 7.53. The molecule has 0 saturated heterocycles. The third kappa shape index (κ3) is 3.74. The Morgan fingerprint density at radius 3 is 2.57 bits per heavy atom. The molecule has 0 saturated carbocycles. The lowest BCUT2D eigenvalue weighted by atomic mass is 9.85. The summed E-state index contributed by atoms with van der Waals surface area (Å²) in [7, 11) is 3.37. The van der Waals surface area contributed by atoms with Crippen LogP contribution < -0.4 is 14.2 Å². The number of ether oxygens (including phenoxy) is 3. The molecule has 1 atom stereocenters. The van der Waals surface area contributed by atoms with E-state index in [2.05, 4.69) is 39.8 Å². The van der Waals surface area contributed by atoms with Crippen molar-refractivity contribution in [3.63, 3.8) is 0 Å². The molecule has 35 heavy (non-hydrogen) atoms. The monoisotopic (exact) mass is 470 g/mol. The fourth-order valence-electron chi connectivity index (χ4n) is 5.73. The molecule has 1 aromatic heterocycles. The minimum atomic E-state index is 0.00544. The molecular weight excluding hydrogens is 440 g/mol. The zero-order valence-corrected chi connectivity index (χ0v) is 20.2. The zero-order chi connectivity index (χ0) is 23.9. The Morgan fingerprint density at radius 2 is 1.80 bits per heavy atom. The maximum atomic E-state index is 10.1. The second-order valence-corrected chi connectivity index (χ2v) is 9.29. The Hall–Kier alpha value is -3.48. The maximum Gasteiger partial charge on any atom is 0.162 e. The van der Waals surface area contributed by atoms with Gasteiger partial charge in [0, 0.05) is 30.2 Å². The van der Waals surface area contributed by atoms with Crippen molar-refractivity contribution < 1.29 is 19.3 Å². The number of hydrogen-bond donors (Lipinski definition) is 1. The molecule has 6 nitrogen and oxygen atoms in total. The van der Waals surface area contributed by atoms with Crippen molar-refractivity contribution in [2.75, 3.05) is 20.8 Å². The van der Waals surface area contributed by atoms with Gasteiger partial charge < -0.3 is 23.9 Å². The lowest BCUT2D eigenvalue weighted by molar-refractivity contribution is 0.145. The molecule has 0 bridgehead atoms. The summed E-state index contributed by atoms with van der Waals surface area (Å²) in [6.45, 7) is 2.29. The topological polar surface area (TPSA) is 56.1 Å². The predicted octanol–water partition coefficient (Wildman–Crippen LogP) is 4.84. The Morgan fingerprint density at radius 1 is 0.971 bits per heavy atom. The molecule has 0 fully saturated rings. The van der Waals surface area contributed by atoms with E-state index < -0.39 is 0 Å². The molecule has 4 aromatic rings. The predicted molar refractivity (Wildman–Crippen MR) is 135 cm³/mol. The molecule has 0 amide bonds. The average Bonchev–Trinajstić information content (AvgIpc) is 3.23. The summed E-state index contributed by atoms with van der Waals surface area (Å²) in [6, 6.07) is 21.0. The summed E-state index contributed by atoms with van der Waals surface area (Å²) in [4.78, 5) is 2.54. The van der Waals surface area contributed by atoms with Gasteiger partial charge in [-0.2, -0.15) is 0 Å². The second kappa shape index (κ2) is 8.95. The number of aliphatic hydroxyl groups is 1. The summed E-state index contributed by atoms with van der Waals surface area (Å²) in [5.74, 6) is 2.38. The van der Waals surface area contributed by atoms with Gasteiger partial charge in [0.05, 0.1) is 19.7 Å². The van der Waals surface area contributed by atoms with Crippen molar-refractivity contribution in [3.05, 3.63) is 88.6 Å². The SMILES string of the molecule is COc1ccc(COc2cc3c(cc2OC)CCN2Cc4c(c5ccccc5n4CO)CC32)cc1. The van der Waals surface area contributed by atoms with Crippen molar-refractivity contribution in [2.24, 2.45) is 0 Å². The second-order valence-electron chi connectivity index (χ2n) is 9.29. The minimum Gasteiger partial charge on any atom is -0.497 e.